The minimum atomic E-state index is -1.15. The first-order valence-electron chi connectivity index (χ1n) is 6.78. The van der Waals surface area contributed by atoms with Crippen LogP contribution in [0.5, 0.6) is 5.75 Å². The maximum absolute atomic E-state index is 12.2. The molecule has 0 spiro atoms. The van der Waals surface area contributed by atoms with Gasteiger partial charge in [0.1, 0.15) is 24.1 Å². The highest BCUT2D eigenvalue weighted by Crippen LogP contribution is 2.44. The molecule has 1 aromatic rings. The van der Waals surface area contributed by atoms with Crippen molar-refractivity contribution in [2.75, 3.05) is 14.2 Å². The molecule has 22 heavy (non-hydrogen) atoms. The molecule has 3 N–H and O–H groups in total. The van der Waals surface area contributed by atoms with Gasteiger partial charge in [0.25, 0.3) is 5.91 Å². The number of benzene rings is 1. The molecule has 1 fully saturated rings. The number of phenolic OH excluding ortho intramolecular Hbond substituents is 1. The van der Waals surface area contributed by atoms with Gasteiger partial charge < -0.3 is 29.7 Å². The zero-order valence-corrected chi connectivity index (χ0v) is 12.1. The molecule has 7 heteroatoms. The number of methoxy groups -OCH3 is 2. The van der Waals surface area contributed by atoms with Crippen LogP contribution in [0.4, 0.5) is 0 Å². The van der Waals surface area contributed by atoms with Crippen LogP contribution in [-0.2, 0) is 14.2 Å². The highest BCUT2D eigenvalue weighted by Gasteiger charge is 2.62. The Balaban J connectivity index is 1.86. The van der Waals surface area contributed by atoms with Crippen LogP contribution in [0.1, 0.15) is 10.4 Å². The number of hydrogen-bond donors (Lipinski definition) is 3. The largest absolute Gasteiger partial charge is 0.507 e. The molecular formula is C15H17NO6. The fraction of sp³-hybridized carbons (Fsp3) is 0.400. The summed E-state index contributed by atoms with van der Waals surface area (Å²) in [6.07, 6.45) is -0.407. The molecule has 1 aliphatic heterocycles. The Morgan fingerprint density at radius 2 is 2.00 bits per heavy atom. The van der Waals surface area contributed by atoms with Crippen molar-refractivity contribution in [2.45, 2.75) is 24.1 Å². The van der Waals surface area contributed by atoms with E-state index in [1.165, 1.54) is 32.4 Å². The van der Waals surface area contributed by atoms with E-state index in [4.69, 9.17) is 14.2 Å². The molecule has 0 radical (unpaired) electrons. The number of hydrogen-bond acceptors (Lipinski definition) is 6. The van der Waals surface area contributed by atoms with Gasteiger partial charge in [-0.3, -0.25) is 4.79 Å². The zero-order valence-electron chi connectivity index (χ0n) is 12.1. The number of aliphatic hydroxyl groups excluding tert-OH is 1. The number of carbonyl (C=O) groups is 1. The lowest BCUT2D eigenvalue weighted by atomic mass is 9.96. The third-order valence-electron chi connectivity index (χ3n) is 3.95. The molecule has 0 aromatic heterocycles. The second-order valence-electron chi connectivity index (χ2n) is 5.17. The SMILES string of the molecule is COC1(OC)C=C(NC(=O)c2ccccc2O)[C@H](O)[C@@H]2O[C@@H]21. The first kappa shape index (κ1) is 15.0. The first-order chi connectivity index (χ1) is 10.5. The van der Waals surface area contributed by atoms with Gasteiger partial charge in [-0.25, -0.2) is 0 Å². The molecule has 1 heterocycles. The van der Waals surface area contributed by atoms with Gasteiger partial charge in [0.2, 0.25) is 5.79 Å². The van der Waals surface area contributed by atoms with E-state index in [-0.39, 0.29) is 17.0 Å². The first-order valence-corrected chi connectivity index (χ1v) is 6.78. The average Bonchev–Trinajstić information content (AvgIpc) is 3.32. The molecule has 1 saturated heterocycles. The summed E-state index contributed by atoms with van der Waals surface area (Å²) < 4.78 is 16.0. The van der Waals surface area contributed by atoms with Crippen molar-refractivity contribution in [3.8, 4) is 5.75 Å². The number of ether oxygens (including phenoxy) is 3. The number of nitrogens with one attached hydrogen (secondary N) is 1. The third-order valence-corrected chi connectivity index (χ3v) is 3.95. The molecule has 2 aliphatic rings. The Bertz CT molecular complexity index is 624. The van der Waals surface area contributed by atoms with Crippen molar-refractivity contribution in [1.29, 1.82) is 0 Å². The second-order valence-corrected chi connectivity index (χ2v) is 5.17. The second kappa shape index (κ2) is 5.36. The van der Waals surface area contributed by atoms with Gasteiger partial charge in [0.15, 0.2) is 0 Å². The molecule has 0 unspecified atom stereocenters. The van der Waals surface area contributed by atoms with Gasteiger partial charge in [-0.2, -0.15) is 0 Å². The predicted octanol–water partition coefficient (Wildman–Crippen LogP) is 0.137. The maximum atomic E-state index is 12.2. The number of aliphatic hydroxyl groups is 1. The zero-order chi connectivity index (χ0) is 15.9. The minimum absolute atomic E-state index is 0.106. The van der Waals surface area contributed by atoms with Crippen LogP contribution < -0.4 is 5.32 Å². The number of para-hydroxylation sites is 1. The molecule has 0 bridgehead atoms. The lowest BCUT2D eigenvalue weighted by Gasteiger charge is -2.31. The lowest BCUT2D eigenvalue weighted by molar-refractivity contribution is -0.185. The quantitative estimate of drug-likeness (QED) is 0.540. The maximum Gasteiger partial charge on any atom is 0.259 e. The predicted molar refractivity (Wildman–Crippen MR) is 75.1 cm³/mol. The number of amides is 1. The van der Waals surface area contributed by atoms with Gasteiger partial charge in [0.05, 0.1) is 11.3 Å². The van der Waals surface area contributed by atoms with Crippen LogP contribution in [0.2, 0.25) is 0 Å². The van der Waals surface area contributed by atoms with E-state index in [0.717, 1.165) is 0 Å². The fourth-order valence-electron chi connectivity index (χ4n) is 2.66. The number of epoxide rings is 1. The van der Waals surface area contributed by atoms with E-state index in [0.29, 0.717) is 0 Å². The van der Waals surface area contributed by atoms with Crippen molar-refractivity contribution >= 4 is 5.91 Å². The normalized spacial score (nSPS) is 28.5. The summed E-state index contributed by atoms with van der Waals surface area (Å²) >= 11 is 0. The number of phenols is 1. The highest BCUT2D eigenvalue weighted by atomic mass is 16.7. The summed E-state index contributed by atoms with van der Waals surface area (Å²) in [5.41, 5.74) is 0.325. The van der Waals surface area contributed by atoms with Gasteiger partial charge in [-0.1, -0.05) is 12.1 Å². The molecule has 1 amide bonds. The Morgan fingerprint density at radius 1 is 1.32 bits per heavy atom. The molecule has 7 nitrogen and oxygen atoms in total. The molecule has 1 aliphatic carbocycles. The number of fused-ring (bicyclic) bond motifs is 1. The summed E-state index contributed by atoms with van der Waals surface area (Å²) in [7, 11) is 2.91. The van der Waals surface area contributed by atoms with Crippen LogP contribution in [0, 0.1) is 0 Å². The Kier molecular flexibility index (Phi) is 3.65. The van der Waals surface area contributed by atoms with E-state index in [1.54, 1.807) is 12.1 Å². The van der Waals surface area contributed by atoms with Crippen LogP contribution >= 0.6 is 0 Å². The third kappa shape index (κ3) is 2.28. The van der Waals surface area contributed by atoms with Crippen molar-refractivity contribution in [3.63, 3.8) is 0 Å². The van der Waals surface area contributed by atoms with Crippen LogP contribution in [0.25, 0.3) is 0 Å². The van der Waals surface area contributed by atoms with Crippen LogP contribution in [0.3, 0.4) is 0 Å². The van der Waals surface area contributed by atoms with E-state index in [1.807, 2.05) is 0 Å². The average molecular weight is 307 g/mol. The molecule has 1 aromatic carbocycles. The summed E-state index contributed by atoms with van der Waals surface area (Å²) in [6, 6.07) is 6.14. The Hall–Kier alpha value is -1.93. The van der Waals surface area contributed by atoms with E-state index < -0.39 is 30.0 Å². The highest BCUT2D eigenvalue weighted by molar-refractivity contribution is 5.97. The van der Waals surface area contributed by atoms with E-state index in [9.17, 15) is 15.0 Å². The Morgan fingerprint density at radius 3 is 2.64 bits per heavy atom. The van der Waals surface area contributed by atoms with Crippen molar-refractivity contribution < 1.29 is 29.2 Å². The number of rotatable bonds is 4. The van der Waals surface area contributed by atoms with Crippen molar-refractivity contribution in [1.82, 2.24) is 5.32 Å². The smallest absolute Gasteiger partial charge is 0.259 e. The van der Waals surface area contributed by atoms with Gasteiger partial charge in [-0.05, 0) is 18.2 Å². The minimum Gasteiger partial charge on any atom is -0.507 e. The van der Waals surface area contributed by atoms with Crippen LogP contribution in [-0.4, -0.2) is 54.4 Å². The summed E-state index contributed by atoms with van der Waals surface area (Å²) in [5.74, 6) is -1.83. The fourth-order valence-corrected chi connectivity index (χ4v) is 2.66. The van der Waals surface area contributed by atoms with Crippen molar-refractivity contribution in [3.05, 3.63) is 41.6 Å². The topological polar surface area (TPSA) is 101 Å². The molecule has 3 rings (SSSR count). The molecular weight excluding hydrogens is 290 g/mol. The molecule has 0 saturated carbocycles. The van der Waals surface area contributed by atoms with E-state index >= 15 is 0 Å². The monoisotopic (exact) mass is 307 g/mol. The summed E-state index contributed by atoms with van der Waals surface area (Å²) in [6.45, 7) is 0. The van der Waals surface area contributed by atoms with Crippen LogP contribution in [0.15, 0.2) is 36.0 Å². The number of carbonyl (C=O) groups excluding carboxylic acids is 1. The van der Waals surface area contributed by atoms with Gasteiger partial charge in [-0.15, -0.1) is 0 Å². The van der Waals surface area contributed by atoms with Crippen molar-refractivity contribution in [2.24, 2.45) is 0 Å². The van der Waals surface area contributed by atoms with Gasteiger partial charge in [0, 0.05) is 14.2 Å². The van der Waals surface area contributed by atoms with E-state index in [2.05, 4.69) is 5.32 Å². The Labute approximate surface area is 127 Å². The summed E-state index contributed by atoms with van der Waals surface area (Å²) in [4.78, 5) is 12.2. The van der Waals surface area contributed by atoms with Gasteiger partial charge >= 0.3 is 0 Å². The summed E-state index contributed by atoms with van der Waals surface area (Å²) in [5, 5.41) is 22.5. The lowest BCUT2D eigenvalue weighted by Crippen LogP contribution is -2.48. The standard InChI is InChI=1S/C15H17NO6/c1-20-15(21-2)7-9(11(18)12-13(15)22-12)16-14(19)8-5-3-4-6-10(8)17/h3-7,11-13,17-18H,1-2H3,(H,16,19)/t11-,12-,13-/m0/s1. The number of aromatic hydroxyl groups is 1. The molecule has 118 valence electrons. The molecule has 3 atom stereocenters.